The highest BCUT2D eigenvalue weighted by atomic mass is 32.2. The third-order valence-corrected chi connectivity index (χ3v) is 6.08. The van der Waals surface area contributed by atoms with Crippen LogP contribution in [0.3, 0.4) is 0 Å². The van der Waals surface area contributed by atoms with Crippen molar-refractivity contribution in [1.29, 1.82) is 0 Å². The second kappa shape index (κ2) is 8.63. The number of rotatable bonds is 9. The van der Waals surface area contributed by atoms with E-state index in [-0.39, 0.29) is 29.3 Å². The summed E-state index contributed by atoms with van der Waals surface area (Å²) in [6, 6.07) is 3.10. The van der Waals surface area contributed by atoms with Crippen LogP contribution in [-0.4, -0.2) is 51.3 Å². The molecule has 3 aromatic heterocycles. The van der Waals surface area contributed by atoms with Gasteiger partial charge in [-0.15, -0.1) is 10.2 Å². The Kier molecular flexibility index (Phi) is 5.75. The van der Waals surface area contributed by atoms with E-state index in [0.717, 1.165) is 0 Å². The molecule has 0 radical (unpaired) electrons. The molecule has 31 heavy (non-hydrogen) atoms. The van der Waals surface area contributed by atoms with Crippen molar-refractivity contribution in [1.82, 2.24) is 30.5 Å². The number of carbonyl (C=O) groups excluding carboxylic acids is 1. The zero-order valence-corrected chi connectivity index (χ0v) is 17.3. The van der Waals surface area contributed by atoms with Crippen LogP contribution in [0.1, 0.15) is 36.1 Å². The van der Waals surface area contributed by atoms with Crippen LogP contribution in [0.4, 0.5) is 5.69 Å². The van der Waals surface area contributed by atoms with Gasteiger partial charge in [-0.05, 0) is 31.9 Å². The average molecular weight is 445 g/mol. The molecule has 0 spiro atoms. The average Bonchev–Trinajstić information content (AvgIpc) is 3.51. The van der Waals surface area contributed by atoms with E-state index in [9.17, 15) is 13.2 Å². The zero-order valence-electron chi connectivity index (χ0n) is 16.5. The minimum atomic E-state index is -3.38. The summed E-state index contributed by atoms with van der Waals surface area (Å²) in [4.78, 5) is 24.6. The quantitative estimate of drug-likeness (QED) is 0.488. The van der Waals surface area contributed by atoms with Crippen LogP contribution in [0, 0.1) is 0 Å². The van der Waals surface area contributed by atoms with E-state index < -0.39 is 15.9 Å². The Morgan fingerprint density at radius 1 is 1.29 bits per heavy atom. The monoisotopic (exact) mass is 445 g/mol. The molecule has 0 atom stereocenters. The van der Waals surface area contributed by atoms with Crippen molar-refractivity contribution in [2.45, 2.75) is 31.6 Å². The number of amides is 1. The first-order chi connectivity index (χ1) is 14.9. The van der Waals surface area contributed by atoms with Crippen LogP contribution < -0.4 is 14.8 Å². The van der Waals surface area contributed by atoms with Crippen molar-refractivity contribution in [3.63, 3.8) is 0 Å². The highest BCUT2D eigenvalue weighted by Crippen LogP contribution is 2.29. The second-order valence-corrected chi connectivity index (χ2v) is 8.61. The van der Waals surface area contributed by atoms with Gasteiger partial charge in [-0.3, -0.25) is 19.5 Å². The van der Waals surface area contributed by atoms with Crippen molar-refractivity contribution in [3.8, 4) is 17.5 Å². The first-order valence-electron chi connectivity index (χ1n) is 9.48. The Balaban J connectivity index is 1.38. The minimum Gasteiger partial charge on any atom is -0.477 e. The molecular formula is C18H19N7O5S. The van der Waals surface area contributed by atoms with Gasteiger partial charge in [0.25, 0.3) is 5.89 Å². The van der Waals surface area contributed by atoms with Gasteiger partial charge in [-0.1, -0.05) is 0 Å². The van der Waals surface area contributed by atoms with Gasteiger partial charge in [-0.2, -0.15) is 0 Å². The fraction of sp³-hybridized carbons (Fsp3) is 0.333. The molecule has 162 valence electrons. The number of ether oxygens (including phenoxy) is 1. The Morgan fingerprint density at radius 3 is 2.90 bits per heavy atom. The van der Waals surface area contributed by atoms with Crippen LogP contribution in [0.2, 0.25) is 0 Å². The number of aromatic nitrogens is 5. The molecule has 3 aromatic rings. The summed E-state index contributed by atoms with van der Waals surface area (Å²) in [6.45, 7) is 2.28. The maximum Gasteiger partial charge on any atom is 0.309 e. The van der Waals surface area contributed by atoms with E-state index in [4.69, 9.17) is 9.15 Å². The van der Waals surface area contributed by atoms with Crippen molar-refractivity contribution in [2.75, 3.05) is 11.3 Å². The molecule has 3 heterocycles. The zero-order chi connectivity index (χ0) is 21.8. The topological polar surface area (TPSA) is 162 Å². The third kappa shape index (κ3) is 5.12. The molecule has 1 saturated carbocycles. The van der Waals surface area contributed by atoms with Crippen molar-refractivity contribution >= 4 is 21.6 Å². The second-order valence-electron chi connectivity index (χ2n) is 6.65. The third-order valence-electron chi connectivity index (χ3n) is 4.21. The molecule has 1 aliphatic carbocycles. The summed E-state index contributed by atoms with van der Waals surface area (Å²) in [7, 11) is -3.38. The molecule has 0 aliphatic heterocycles. The van der Waals surface area contributed by atoms with Crippen molar-refractivity contribution in [3.05, 3.63) is 42.3 Å². The number of carbonyl (C=O) groups is 1. The van der Waals surface area contributed by atoms with Gasteiger partial charge in [0, 0.05) is 6.20 Å². The van der Waals surface area contributed by atoms with Crippen LogP contribution in [0.25, 0.3) is 11.6 Å². The standard InChI is InChI=1S/C18H19N7O5S/c1-2-29-15-10-19-9-14(22-15)17-23-24-18(30-17)16(26)21-8-12-7-11(5-6-20-12)25-31(27,28)13-3-4-13/h5-7,9-10,13H,2-4,8H2,1H3,(H,20,25)(H,21,26). The van der Waals surface area contributed by atoms with Crippen molar-refractivity contribution < 1.29 is 22.4 Å². The molecule has 2 N–H and O–H groups in total. The molecule has 0 bridgehead atoms. The maximum absolute atomic E-state index is 12.3. The summed E-state index contributed by atoms with van der Waals surface area (Å²) < 4.78 is 37.3. The Morgan fingerprint density at radius 2 is 2.13 bits per heavy atom. The van der Waals surface area contributed by atoms with Crippen LogP contribution in [-0.2, 0) is 16.6 Å². The van der Waals surface area contributed by atoms with Gasteiger partial charge in [0.1, 0.15) is 5.69 Å². The van der Waals surface area contributed by atoms with E-state index in [2.05, 4.69) is 35.2 Å². The summed E-state index contributed by atoms with van der Waals surface area (Å²) in [5.74, 6) is -0.552. The fourth-order valence-corrected chi connectivity index (χ4v) is 3.98. The van der Waals surface area contributed by atoms with E-state index in [0.29, 0.717) is 36.7 Å². The van der Waals surface area contributed by atoms with Crippen LogP contribution in [0.5, 0.6) is 5.88 Å². The highest BCUT2D eigenvalue weighted by molar-refractivity contribution is 7.93. The maximum atomic E-state index is 12.3. The molecule has 0 aromatic carbocycles. The number of sulfonamides is 1. The first-order valence-corrected chi connectivity index (χ1v) is 11.0. The van der Waals surface area contributed by atoms with Gasteiger partial charge < -0.3 is 14.5 Å². The first kappa shape index (κ1) is 20.7. The summed E-state index contributed by atoms with van der Waals surface area (Å²) >= 11 is 0. The predicted octanol–water partition coefficient (Wildman–Crippen LogP) is 1.15. The number of nitrogens with zero attached hydrogens (tertiary/aromatic N) is 5. The smallest absolute Gasteiger partial charge is 0.309 e. The summed E-state index contributed by atoms with van der Waals surface area (Å²) in [6.07, 6.45) is 5.65. The summed E-state index contributed by atoms with van der Waals surface area (Å²) in [5, 5.41) is 9.80. The lowest BCUT2D eigenvalue weighted by Gasteiger charge is -2.08. The van der Waals surface area contributed by atoms with Gasteiger partial charge in [-0.25, -0.2) is 13.4 Å². The van der Waals surface area contributed by atoms with Gasteiger partial charge in [0.2, 0.25) is 15.9 Å². The van der Waals surface area contributed by atoms with E-state index in [1.807, 2.05) is 6.92 Å². The molecule has 1 amide bonds. The van der Waals surface area contributed by atoms with Crippen LogP contribution >= 0.6 is 0 Å². The molecule has 13 heteroatoms. The number of hydrogen-bond donors (Lipinski definition) is 2. The Labute approximate surface area is 177 Å². The lowest BCUT2D eigenvalue weighted by molar-refractivity contribution is 0.0916. The van der Waals surface area contributed by atoms with E-state index in [1.165, 1.54) is 18.6 Å². The minimum absolute atomic E-state index is 0.0220. The largest absolute Gasteiger partial charge is 0.477 e. The Bertz CT molecular complexity index is 1190. The normalized spacial score (nSPS) is 13.6. The number of pyridine rings is 1. The molecule has 4 rings (SSSR count). The molecule has 0 saturated heterocycles. The van der Waals surface area contributed by atoms with Gasteiger partial charge in [0.15, 0.2) is 0 Å². The number of hydrogen-bond acceptors (Lipinski definition) is 10. The summed E-state index contributed by atoms with van der Waals surface area (Å²) in [5.41, 5.74) is 1.12. The lowest BCUT2D eigenvalue weighted by Crippen LogP contribution is -2.24. The molecule has 0 unspecified atom stereocenters. The Hall–Kier alpha value is -3.61. The van der Waals surface area contributed by atoms with Gasteiger partial charge in [0.05, 0.1) is 42.2 Å². The van der Waals surface area contributed by atoms with Crippen molar-refractivity contribution in [2.24, 2.45) is 0 Å². The lowest BCUT2D eigenvalue weighted by atomic mass is 10.3. The number of nitrogens with one attached hydrogen (secondary N) is 2. The predicted molar refractivity (Wildman–Crippen MR) is 107 cm³/mol. The number of anilines is 1. The molecule has 1 aliphatic rings. The molecular weight excluding hydrogens is 426 g/mol. The van der Waals surface area contributed by atoms with E-state index in [1.54, 1.807) is 12.1 Å². The highest BCUT2D eigenvalue weighted by Gasteiger charge is 2.35. The molecule has 1 fully saturated rings. The SMILES string of the molecule is CCOc1cncc(-c2nnc(C(=O)NCc3cc(NS(=O)(=O)C4CC4)ccn3)o2)n1. The van der Waals surface area contributed by atoms with E-state index >= 15 is 0 Å². The van der Waals surface area contributed by atoms with Crippen LogP contribution in [0.15, 0.2) is 35.1 Å². The fourth-order valence-electron chi connectivity index (χ4n) is 2.60. The molecule has 12 nitrogen and oxygen atoms in total. The van der Waals surface area contributed by atoms with Gasteiger partial charge >= 0.3 is 11.8 Å².